The van der Waals surface area contributed by atoms with E-state index < -0.39 is 5.82 Å². The third-order valence-electron chi connectivity index (χ3n) is 9.28. The van der Waals surface area contributed by atoms with Gasteiger partial charge < -0.3 is 34.6 Å². The Labute approximate surface area is 247 Å². The van der Waals surface area contributed by atoms with Gasteiger partial charge in [0, 0.05) is 43.7 Å². The smallest absolute Gasteiger partial charge is 0.258 e. The van der Waals surface area contributed by atoms with Crippen LogP contribution in [-0.4, -0.2) is 102 Å². The summed E-state index contributed by atoms with van der Waals surface area (Å²) in [4.78, 5) is 29.0. The molecular weight excluding hydrogens is 539 g/mol. The highest BCUT2D eigenvalue weighted by Gasteiger charge is 2.46. The zero-order valence-corrected chi connectivity index (χ0v) is 24.7. The lowest BCUT2D eigenvalue weighted by molar-refractivity contribution is -0.0277. The highest BCUT2D eigenvalue weighted by molar-refractivity contribution is 5.97. The fourth-order valence-corrected chi connectivity index (χ4v) is 6.90. The molecule has 0 radical (unpaired) electrons. The summed E-state index contributed by atoms with van der Waals surface area (Å²) in [5, 5.41) is 0. The minimum Gasteiger partial charge on any atom is -0.451 e. The van der Waals surface area contributed by atoms with Crippen LogP contribution in [0.3, 0.4) is 0 Å². The molecule has 2 aromatic rings. The van der Waals surface area contributed by atoms with Crippen molar-refractivity contribution in [3.05, 3.63) is 42.1 Å². The molecule has 5 heterocycles. The first-order chi connectivity index (χ1) is 20.3. The van der Waals surface area contributed by atoms with Crippen molar-refractivity contribution in [2.45, 2.75) is 70.2 Å². The summed E-state index contributed by atoms with van der Waals surface area (Å²) in [5.74, 6) is 0.674. The predicted molar refractivity (Wildman–Crippen MR) is 156 cm³/mol. The van der Waals surface area contributed by atoms with Crippen LogP contribution in [0.2, 0.25) is 0 Å². The zero-order chi connectivity index (χ0) is 29.3. The number of nitrogens with zero attached hydrogens (tertiary/aromatic N) is 5. The number of hydrogen-bond donors (Lipinski definition) is 1. The van der Waals surface area contributed by atoms with E-state index in [1.165, 1.54) is 24.5 Å². The average Bonchev–Trinajstić information content (AvgIpc) is 3.49. The van der Waals surface area contributed by atoms with Crippen LogP contribution in [0.25, 0.3) is 0 Å². The molecule has 228 valence electrons. The van der Waals surface area contributed by atoms with Gasteiger partial charge in [0.15, 0.2) is 11.6 Å². The maximum atomic E-state index is 14.4. The Morgan fingerprint density at radius 3 is 2.69 bits per heavy atom. The molecule has 4 saturated heterocycles. The van der Waals surface area contributed by atoms with Gasteiger partial charge in [-0.25, -0.2) is 14.4 Å². The Kier molecular flexibility index (Phi) is 8.63. The summed E-state index contributed by atoms with van der Waals surface area (Å²) >= 11 is 0. The van der Waals surface area contributed by atoms with Crippen LogP contribution < -0.4 is 15.4 Å². The molecule has 0 saturated carbocycles. The standard InChI is InChI=1S/C31H43FN6O4/c1-21(2)38(24-7-12-40-17-24)30(39)26-13-22(32)3-6-27(26)42-28-14-34-20-35-29(28)37-18-31(19-37)8-10-36(11-9-31)15-25-5-4-23(33)16-41-25/h3,6,13-14,20-21,23-25H,4-5,7-12,15-19,33H2,1-2H3/t23-,24+,25+/m0/s1. The Morgan fingerprint density at radius 1 is 1.19 bits per heavy atom. The number of rotatable bonds is 8. The molecule has 3 atom stereocenters. The van der Waals surface area contributed by atoms with E-state index in [-0.39, 0.29) is 40.8 Å². The van der Waals surface area contributed by atoms with Crippen LogP contribution in [0.1, 0.15) is 56.3 Å². The summed E-state index contributed by atoms with van der Waals surface area (Å²) in [6.45, 7) is 10.6. The third kappa shape index (κ3) is 6.24. The third-order valence-corrected chi connectivity index (χ3v) is 9.28. The SMILES string of the molecule is CC(C)N(C(=O)c1cc(F)ccc1Oc1cncnc1N1CC2(CCN(C[C@H]3CC[C@H](N)CO3)CC2)C1)[C@@H]1CCOC1. The quantitative estimate of drug-likeness (QED) is 0.501. The van der Waals surface area contributed by atoms with Crippen molar-refractivity contribution < 1.29 is 23.4 Å². The van der Waals surface area contributed by atoms with Crippen LogP contribution in [0.5, 0.6) is 11.5 Å². The number of aromatic nitrogens is 2. The first-order valence-electron chi connectivity index (χ1n) is 15.3. The monoisotopic (exact) mass is 582 g/mol. The molecule has 0 aliphatic carbocycles. The number of carbonyl (C=O) groups is 1. The van der Waals surface area contributed by atoms with Crippen molar-refractivity contribution in [1.82, 2.24) is 19.8 Å². The second-order valence-corrected chi connectivity index (χ2v) is 12.7. The van der Waals surface area contributed by atoms with E-state index in [1.54, 1.807) is 11.1 Å². The second-order valence-electron chi connectivity index (χ2n) is 12.7. The van der Waals surface area contributed by atoms with Crippen LogP contribution in [-0.2, 0) is 9.47 Å². The maximum absolute atomic E-state index is 14.4. The van der Waals surface area contributed by atoms with E-state index in [9.17, 15) is 9.18 Å². The normalized spacial score (nSPS) is 25.9. The molecule has 1 spiro atoms. The number of nitrogens with two attached hydrogens (primary N) is 1. The Morgan fingerprint density at radius 2 is 2.00 bits per heavy atom. The Hall–Kier alpha value is -2.86. The van der Waals surface area contributed by atoms with Gasteiger partial charge in [-0.15, -0.1) is 0 Å². The lowest BCUT2D eigenvalue weighted by Crippen LogP contribution is -2.61. The van der Waals surface area contributed by atoms with E-state index in [1.807, 2.05) is 13.8 Å². The lowest BCUT2D eigenvalue weighted by atomic mass is 9.72. The van der Waals surface area contributed by atoms with E-state index >= 15 is 0 Å². The minimum atomic E-state index is -0.490. The number of amides is 1. The number of ether oxygens (including phenoxy) is 3. The Bertz CT molecular complexity index is 1230. The summed E-state index contributed by atoms with van der Waals surface area (Å²) in [5.41, 5.74) is 6.42. The molecule has 4 fully saturated rings. The first-order valence-corrected chi connectivity index (χ1v) is 15.3. The molecule has 11 heteroatoms. The number of carbonyl (C=O) groups excluding carboxylic acids is 1. The average molecular weight is 583 g/mol. The van der Waals surface area contributed by atoms with Gasteiger partial charge in [0.1, 0.15) is 17.9 Å². The van der Waals surface area contributed by atoms with E-state index in [2.05, 4.69) is 19.8 Å². The fourth-order valence-electron chi connectivity index (χ4n) is 6.90. The maximum Gasteiger partial charge on any atom is 0.258 e. The van der Waals surface area contributed by atoms with Gasteiger partial charge in [0.25, 0.3) is 5.91 Å². The van der Waals surface area contributed by atoms with Crippen molar-refractivity contribution in [3.63, 3.8) is 0 Å². The molecular formula is C31H43FN6O4. The van der Waals surface area contributed by atoms with Gasteiger partial charge >= 0.3 is 0 Å². The molecule has 0 unspecified atom stereocenters. The molecule has 1 aromatic carbocycles. The van der Waals surface area contributed by atoms with Gasteiger partial charge in [-0.1, -0.05) is 0 Å². The van der Waals surface area contributed by atoms with Gasteiger partial charge in [-0.2, -0.15) is 0 Å². The minimum absolute atomic E-state index is 0.0542. The fraction of sp³-hybridized carbons (Fsp3) is 0.645. The van der Waals surface area contributed by atoms with Crippen molar-refractivity contribution >= 4 is 11.7 Å². The van der Waals surface area contributed by atoms with E-state index in [0.29, 0.717) is 37.5 Å². The molecule has 1 aromatic heterocycles. The molecule has 10 nitrogen and oxygen atoms in total. The van der Waals surface area contributed by atoms with E-state index in [4.69, 9.17) is 19.9 Å². The van der Waals surface area contributed by atoms with Crippen molar-refractivity contribution in [1.29, 1.82) is 0 Å². The van der Waals surface area contributed by atoms with Gasteiger partial charge in [-0.05, 0) is 77.2 Å². The molecule has 0 bridgehead atoms. The first kappa shape index (κ1) is 29.2. The topological polar surface area (TPSA) is 106 Å². The number of halogens is 1. The molecule has 4 aliphatic rings. The summed E-state index contributed by atoms with van der Waals surface area (Å²) in [7, 11) is 0. The van der Waals surface area contributed by atoms with Crippen molar-refractivity contribution in [2.75, 3.05) is 57.4 Å². The number of anilines is 1. The zero-order valence-electron chi connectivity index (χ0n) is 24.7. The Balaban J connectivity index is 1.11. The van der Waals surface area contributed by atoms with Crippen LogP contribution >= 0.6 is 0 Å². The second kappa shape index (κ2) is 12.4. The highest BCUT2D eigenvalue weighted by atomic mass is 19.1. The predicted octanol–water partition coefficient (Wildman–Crippen LogP) is 3.46. The summed E-state index contributed by atoms with van der Waals surface area (Å²) < 4.78 is 32.2. The summed E-state index contributed by atoms with van der Waals surface area (Å²) in [6, 6.07) is 4.13. The number of benzene rings is 1. The number of piperidine rings is 1. The molecule has 6 rings (SSSR count). The molecule has 4 aliphatic heterocycles. The van der Waals surface area contributed by atoms with Crippen molar-refractivity contribution in [2.24, 2.45) is 11.1 Å². The lowest BCUT2D eigenvalue weighted by Gasteiger charge is -2.54. The van der Waals surface area contributed by atoms with Gasteiger partial charge in [-0.3, -0.25) is 4.79 Å². The van der Waals surface area contributed by atoms with Crippen LogP contribution in [0.4, 0.5) is 10.2 Å². The molecule has 42 heavy (non-hydrogen) atoms. The van der Waals surface area contributed by atoms with Crippen LogP contribution in [0.15, 0.2) is 30.7 Å². The van der Waals surface area contributed by atoms with Gasteiger partial charge in [0.2, 0.25) is 0 Å². The molecule has 2 N–H and O–H groups in total. The molecule has 1 amide bonds. The number of likely N-dealkylation sites (tertiary alicyclic amines) is 1. The summed E-state index contributed by atoms with van der Waals surface area (Å²) in [6.07, 6.45) is 8.52. The van der Waals surface area contributed by atoms with Crippen molar-refractivity contribution in [3.8, 4) is 11.5 Å². The highest BCUT2D eigenvalue weighted by Crippen LogP contribution is 2.45. The largest absolute Gasteiger partial charge is 0.451 e. The van der Waals surface area contributed by atoms with Crippen LogP contribution in [0, 0.1) is 11.2 Å². The van der Waals surface area contributed by atoms with E-state index in [0.717, 1.165) is 64.8 Å². The number of hydrogen-bond acceptors (Lipinski definition) is 9. The van der Waals surface area contributed by atoms with Gasteiger partial charge in [0.05, 0.1) is 37.1 Å².